The van der Waals surface area contributed by atoms with Crippen molar-refractivity contribution in [1.82, 2.24) is 18.9 Å². The van der Waals surface area contributed by atoms with Crippen molar-refractivity contribution in [2.45, 2.75) is 63.6 Å². The average Bonchev–Trinajstić information content (AvgIpc) is 3.18. The van der Waals surface area contributed by atoms with Gasteiger partial charge >= 0.3 is 10.2 Å². The van der Waals surface area contributed by atoms with E-state index < -0.39 is 22.3 Å². The number of carbonyl (C=O) groups is 1. The molecule has 1 aliphatic carbocycles. The number of hydrogen-bond acceptors (Lipinski definition) is 6. The van der Waals surface area contributed by atoms with Gasteiger partial charge in [0.2, 0.25) is 0 Å². The van der Waals surface area contributed by atoms with Crippen LogP contribution in [0.2, 0.25) is 0 Å². The second-order valence-corrected chi connectivity index (χ2v) is 13.0. The van der Waals surface area contributed by atoms with Crippen molar-refractivity contribution in [3.05, 3.63) is 58.7 Å². The molecule has 4 bridgehead atoms. The van der Waals surface area contributed by atoms with E-state index in [2.05, 4.69) is 26.2 Å². The number of benzene rings is 2. The number of fused-ring (bicyclic) bond motifs is 4. The molecule has 1 saturated carbocycles. The van der Waals surface area contributed by atoms with E-state index in [0.29, 0.717) is 31.8 Å². The van der Waals surface area contributed by atoms with Crippen LogP contribution >= 0.6 is 0 Å². The number of rotatable bonds is 2. The van der Waals surface area contributed by atoms with Crippen LogP contribution in [0.4, 0.5) is 0 Å². The Morgan fingerprint density at radius 2 is 1.83 bits per heavy atom. The normalized spacial score (nSPS) is 22.3. The van der Waals surface area contributed by atoms with Gasteiger partial charge < -0.3 is 14.4 Å². The summed E-state index contributed by atoms with van der Waals surface area (Å²) in [5, 5.41) is 12.7. The van der Waals surface area contributed by atoms with Crippen LogP contribution < -0.4 is 14.2 Å². The molecule has 3 heterocycles. The third-order valence-corrected chi connectivity index (χ3v) is 9.82. The third-order valence-electron chi connectivity index (χ3n) is 8.78. The monoisotopic (exact) mass is 578 g/mol. The maximum absolute atomic E-state index is 13.2. The maximum atomic E-state index is 13.2. The van der Waals surface area contributed by atoms with Crippen LogP contribution in [0.1, 0.15) is 72.3 Å². The van der Waals surface area contributed by atoms with E-state index in [1.54, 1.807) is 19.2 Å². The second-order valence-electron chi connectivity index (χ2n) is 11.5. The van der Waals surface area contributed by atoms with Crippen LogP contribution in [0.15, 0.2) is 42.0 Å². The molecule has 3 aliphatic rings. The lowest BCUT2D eigenvalue weighted by Crippen LogP contribution is -2.41. The molecular formula is C31H38N4O5S. The van der Waals surface area contributed by atoms with Crippen LogP contribution in [-0.2, 0) is 16.8 Å². The van der Waals surface area contributed by atoms with Gasteiger partial charge in [-0.15, -0.1) is 0 Å². The first-order chi connectivity index (χ1) is 19.8. The minimum atomic E-state index is -4.01. The molecular weight excluding hydrogens is 540 g/mol. The number of ether oxygens (including phenoxy) is 1. The van der Waals surface area contributed by atoms with Crippen LogP contribution in [0.3, 0.4) is 0 Å². The summed E-state index contributed by atoms with van der Waals surface area (Å²) in [5.74, 6) is 0.442. The van der Waals surface area contributed by atoms with E-state index in [1.165, 1.54) is 24.8 Å². The number of aliphatic hydroxyl groups excluding tert-OH is 1. The Kier molecular flexibility index (Phi) is 7.67. The van der Waals surface area contributed by atoms with E-state index in [4.69, 9.17) is 4.74 Å². The zero-order valence-electron chi connectivity index (χ0n) is 23.7. The molecule has 1 unspecified atom stereocenters. The molecule has 0 saturated heterocycles. The molecule has 0 spiro atoms. The summed E-state index contributed by atoms with van der Waals surface area (Å²) in [7, 11) is -0.463. The Morgan fingerprint density at radius 1 is 1.02 bits per heavy atom. The molecule has 1 amide bonds. The zero-order valence-corrected chi connectivity index (χ0v) is 24.5. The molecule has 0 radical (unpaired) electrons. The Labute approximate surface area is 241 Å². The van der Waals surface area contributed by atoms with Crippen molar-refractivity contribution in [2.75, 3.05) is 27.2 Å². The Hall–Kier alpha value is -3.18. The summed E-state index contributed by atoms with van der Waals surface area (Å²) in [4.78, 5) is 15.1. The minimum absolute atomic E-state index is 0.193. The van der Waals surface area contributed by atoms with Crippen molar-refractivity contribution in [3.63, 3.8) is 0 Å². The van der Waals surface area contributed by atoms with Gasteiger partial charge in [-0.25, -0.2) is 4.72 Å². The van der Waals surface area contributed by atoms with E-state index in [9.17, 15) is 18.3 Å². The molecule has 9 nitrogen and oxygen atoms in total. The Bertz CT molecular complexity index is 1620. The lowest BCUT2D eigenvalue weighted by atomic mass is 9.81. The van der Waals surface area contributed by atoms with Gasteiger partial charge in [0.05, 0.1) is 12.8 Å². The summed E-state index contributed by atoms with van der Waals surface area (Å²) in [6.45, 7) is 1.21. The number of hydrogen-bond donors (Lipinski definition) is 3. The third kappa shape index (κ3) is 5.41. The highest BCUT2D eigenvalue weighted by atomic mass is 32.2. The van der Waals surface area contributed by atoms with Gasteiger partial charge in [0.25, 0.3) is 5.91 Å². The van der Waals surface area contributed by atoms with Crippen LogP contribution in [0.25, 0.3) is 28.2 Å². The van der Waals surface area contributed by atoms with Crippen molar-refractivity contribution in [1.29, 1.82) is 0 Å². The Morgan fingerprint density at radius 3 is 2.61 bits per heavy atom. The van der Waals surface area contributed by atoms with Crippen molar-refractivity contribution in [3.8, 4) is 17.0 Å². The highest BCUT2D eigenvalue weighted by Crippen LogP contribution is 2.47. The van der Waals surface area contributed by atoms with Crippen LogP contribution in [-0.4, -0.2) is 62.4 Å². The number of methoxy groups -OCH3 is 1. The van der Waals surface area contributed by atoms with Gasteiger partial charge in [-0.2, -0.15) is 13.1 Å². The van der Waals surface area contributed by atoms with Crippen molar-refractivity contribution in [2.24, 2.45) is 0 Å². The van der Waals surface area contributed by atoms with E-state index in [0.717, 1.165) is 51.9 Å². The number of amides is 1. The van der Waals surface area contributed by atoms with Crippen molar-refractivity contribution < 1.29 is 23.1 Å². The van der Waals surface area contributed by atoms with E-state index in [1.807, 2.05) is 30.1 Å². The van der Waals surface area contributed by atoms with E-state index >= 15 is 0 Å². The fourth-order valence-corrected chi connectivity index (χ4v) is 7.53. The SMILES string of the molecule is COc1ccc2c(c1)C=C1Cn3c-2c(C2CCCCC2)c2ccc(cc23)C(=O)NS(=O)(=O)NCCCCN(C)C1O. The number of nitrogens with one attached hydrogen (secondary N) is 2. The largest absolute Gasteiger partial charge is 0.497 e. The van der Waals surface area contributed by atoms with Crippen LogP contribution in [0, 0.1) is 0 Å². The molecule has 2 aliphatic heterocycles. The smallest absolute Gasteiger partial charge is 0.301 e. The number of aliphatic hydroxyl groups is 1. The quantitative estimate of drug-likeness (QED) is 0.416. The first kappa shape index (κ1) is 28.0. The first-order valence-electron chi connectivity index (χ1n) is 14.5. The summed E-state index contributed by atoms with van der Waals surface area (Å²) in [6.07, 6.45) is 8.23. The van der Waals surface area contributed by atoms with E-state index in [-0.39, 0.29) is 12.1 Å². The lowest BCUT2D eigenvalue weighted by molar-refractivity contribution is 0.0494. The van der Waals surface area contributed by atoms with Crippen LogP contribution in [0.5, 0.6) is 5.75 Å². The van der Waals surface area contributed by atoms with Gasteiger partial charge in [-0.3, -0.25) is 9.69 Å². The zero-order chi connectivity index (χ0) is 28.7. The Balaban J connectivity index is 1.62. The molecule has 3 N–H and O–H groups in total. The predicted molar refractivity (Wildman–Crippen MR) is 160 cm³/mol. The topological polar surface area (TPSA) is 113 Å². The number of aromatic nitrogens is 1. The molecule has 41 heavy (non-hydrogen) atoms. The lowest BCUT2D eigenvalue weighted by Gasteiger charge is -2.26. The minimum Gasteiger partial charge on any atom is -0.497 e. The molecule has 1 atom stereocenters. The second kappa shape index (κ2) is 11.2. The van der Waals surface area contributed by atoms with Gasteiger partial charge in [-0.1, -0.05) is 25.3 Å². The standard InChI is InChI=1S/C31H38N4O5S/c1-34-15-7-6-14-32-41(38,39)33-30(36)21-10-12-26-27(18-21)35-19-23(31(34)37)16-22-17-24(40-2)11-13-25(22)29(35)28(26)20-8-4-3-5-9-20/h10-13,16-18,20,31-32,37H,3-9,14-15,19H2,1-2H3,(H,33,36). The molecule has 2 aromatic carbocycles. The number of likely N-dealkylation sites (N-methyl/N-ethyl adjacent to an activating group) is 1. The molecule has 218 valence electrons. The van der Waals surface area contributed by atoms with Gasteiger partial charge in [0, 0.05) is 41.7 Å². The first-order valence-corrected chi connectivity index (χ1v) is 16.0. The molecule has 10 heteroatoms. The average molecular weight is 579 g/mol. The highest BCUT2D eigenvalue weighted by molar-refractivity contribution is 7.88. The summed E-state index contributed by atoms with van der Waals surface area (Å²) < 4.78 is 37.6. The molecule has 6 rings (SSSR count). The molecule has 3 aromatic rings. The van der Waals surface area contributed by atoms with Gasteiger partial charge in [-0.05, 0) is 91.8 Å². The number of nitrogens with zero attached hydrogens (tertiary/aromatic N) is 2. The van der Waals surface area contributed by atoms with Crippen molar-refractivity contribution >= 4 is 33.1 Å². The van der Waals surface area contributed by atoms with Gasteiger partial charge in [0.15, 0.2) is 0 Å². The highest BCUT2D eigenvalue weighted by Gasteiger charge is 2.31. The predicted octanol–water partition coefficient (Wildman–Crippen LogP) is 4.37. The summed E-state index contributed by atoms with van der Waals surface area (Å²) in [5.41, 5.74) is 6.37. The van der Waals surface area contributed by atoms with Gasteiger partial charge in [0.1, 0.15) is 12.0 Å². The fraction of sp³-hybridized carbons (Fsp3) is 0.452. The summed E-state index contributed by atoms with van der Waals surface area (Å²) >= 11 is 0. The fourth-order valence-electron chi connectivity index (χ4n) is 6.68. The molecule has 1 aromatic heterocycles. The molecule has 1 fully saturated rings. The number of carbonyl (C=O) groups excluding carboxylic acids is 1. The maximum Gasteiger partial charge on any atom is 0.301 e. The summed E-state index contributed by atoms with van der Waals surface area (Å²) in [6, 6.07) is 11.6.